The Kier molecular flexibility index (Phi) is 39.5. The van der Waals surface area contributed by atoms with Crippen LogP contribution in [-0.2, 0) is 14.3 Å². The number of carbonyl (C=O) groups excluding carboxylic acids is 1. The monoisotopic (exact) mass is 679 g/mol. The van der Waals surface area contributed by atoms with Gasteiger partial charge in [0.15, 0.2) is 0 Å². The van der Waals surface area contributed by atoms with Gasteiger partial charge in [0.1, 0.15) is 6.10 Å². The summed E-state index contributed by atoms with van der Waals surface area (Å²) in [6.45, 7) is 4.57. The Hall–Kier alpha value is -1.06. The van der Waals surface area contributed by atoms with Crippen LogP contribution in [0.2, 0.25) is 0 Å². The van der Waals surface area contributed by atoms with E-state index >= 15 is 0 Å². The lowest BCUT2D eigenvalue weighted by Gasteiger charge is -2.17. The molecule has 0 aromatic heterocycles. The molecule has 0 spiro atoms. The third kappa shape index (κ3) is 39.4. The second-order valence-electron chi connectivity index (χ2n) is 15.3. The Morgan fingerprint density at radius 3 is 0.938 bits per heavy atom. The van der Waals surface area contributed by atoms with E-state index in [1.165, 1.54) is 199 Å². The molecule has 0 radical (unpaired) electrons. The molecule has 4 heteroatoms. The van der Waals surface area contributed by atoms with Gasteiger partial charge in [0, 0.05) is 12.8 Å². The molecule has 1 unspecified atom stereocenters. The van der Waals surface area contributed by atoms with E-state index in [9.17, 15) is 9.59 Å². The summed E-state index contributed by atoms with van der Waals surface area (Å²) in [6, 6.07) is 0. The van der Waals surface area contributed by atoms with Crippen LogP contribution in [0.1, 0.15) is 264 Å². The fourth-order valence-corrected chi connectivity index (χ4v) is 7.06. The summed E-state index contributed by atoms with van der Waals surface area (Å²) in [7, 11) is 0. The van der Waals surface area contributed by atoms with Crippen molar-refractivity contribution in [2.24, 2.45) is 0 Å². The SMILES string of the molecule is CCCCCCCCCCCCCCCCCCCCCCCC(=O)OC(CCCCCCCCCCCCCCCC)CCC(=O)O. The highest BCUT2D eigenvalue weighted by atomic mass is 16.5. The van der Waals surface area contributed by atoms with Crippen molar-refractivity contribution in [2.75, 3.05) is 0 Å². The fraction of sp³-hybridized carbons (Fsp3) is 0.955. The number of hydrogen-bond donors (Lipinski definition) is 1. The zero-order valence-corrected chi connectivity index (χ0v) is 32.8. The summed E-state index contributed by atoms with van der Waals surface area (Å²) in [5.41, 5.74) is 0. The molecule has 48 heavy (non-hydrogen) atoms. The first-order chi connectivity index (χ1) is 23.6. The van der Waals surface area contributed by atoms with Crippen LogP contribution in [0.5, 0.6) is 0 Å². The average molecular weight is 679 g/mol. The third-order valence-corrected chi connectivity index (χ3v) is 10.3. The van der Waals surface area contributed by atoms with Gasteiger partial charge in [-0.3, -0.25) is 9.59 Å². The van der Waals surface area contributed by atoms with Crippen molar-refractivity contribution in [3.05, 3.63) is 0 Å². The minimum absolute atomic E-state index is 0.0793. The van der Waals surface area contributed by atoms with E-state index in [1.54, 1.807) is 0 Å². The molecule has 0 rings (SSSR count). The van der Waals surface area contributed by atoms with Crippen molar-refractivity contribution in [2.45, 2.75) is 270 Å². The molecule has 0 saturated heterocycles. The normalized spacial score (nSPS) is 12.0. The Bertz CT molecular complexity index is 648. The highest BCUT2D eigenvalue weighted by molar-refractivity contribution is 5.69. The number of carboxylic acid groups (broad SMARTS) is 1. The third-order valence-electron chi connectivity index (χ3n) is 10.3. The molecule has 0 aliphatic heterocycles. The number of hydrogen-bond acceptors (Lipinski definition) is 3. The van der Waals surface area contributed by atoms with E-state index in [-0.39, 0.29) is 18.5 Å². The largest absolute Gasteiger partial charge is 0.481 e. The van der Waals surface area contributed by atoms with Crippen molar-refractivity contribution < 1.29 is 19.4 Å². The van der Waals surface area contributed by atoms with Gasteiger partial charge in [-0.1, -0.05) is 226 Å². The van der Waals surface area contributed by atoms with Gasteiger partial charge in [-0.05, 0) is 25.7 Å². The highest BCUT2D eigenvalue weighted by Gasteiger charge is 2.16. The minimum atomic E-state index is -0.804. The molecule has 1 atom stereocenters. The van der Waals surface area contributed by atoms with Crippen molar-refractivity contribution in [1.82, 2.24) is 0 Å². The number of unbranched alkanes of at least 4 members (excludes halogenated alkanes) is 33. The zero-order chi connectivity index (χ0) is 35.0. The number of carbonyl (C=O) groups is 2. The highest BCUT2D eigenvalue weighted by Crippen LogP contribution is 2.18. The summed E-state index contributed by atoms with van der Waals surface area (Å²) in [6.07, 6.45) is 48.5. The number of carboxylic acids is 1. The Morgan fingerprint density at radius 2 is 0.646 bits per heavy atom. The van der Waals surface area contributed by atoms with Crippen molar-refractivity contribution in [3.63, 3.8) is 0 Å². The minimum Gasteiger partial charge on any atom is -0.481 e. The molecular weight excluding hydrogens is 592 g/mol. The Balaban J connectivity index is 3.60. The van der Waals surface area contributed by atoms with Crippen molar-refractivity contribution >= 4 is 11.9 Å². The lowest BCUT2D eigenvalue weighted by Crippen LogP contribution is -2.19. The molecule has 0 fully saturated rings. The summed E-state index contributed by atoms with van der Waals surface area (Å²) >= 11 is 0. The molecule has 0 aliphatic carbocycles. The maximum absolute atomic E-state index is 12.5. The van der Waals surface area contributed by atoms with E-state index < -0.39 is 5.97 Å². The molecule has 0 aromatic rings. The van der Waals surface area contributed by atoms with Crippen LogP contribution >= 0.6 is 0 Å². The quantitative estimate of drug-likeness (QED) is 0.0516. The smallest absolute Gasteiger partial charge is 0.306 e. The van der Waals surface area contributed by atoms with Crippen molar-refractivity contribution in [3.8, 4) is 0 Å². The lowest BCUT2D eigenvalue weighted by atomic mass is 10.0. The maximum atomic E-state index is 12.5. The summed E-state index contributed by atoms with van der Waals surface area (Å²) < 4.78 is 5.76. The van der Waals surface area contributed by atoms with E-state index in [2.05, 4.69) is 13.8 Å². The number of ether oxygens (including phenoxy) is 1. The van der Waals surface area contributed by atoms with Crippen LogP contribution in [0, 0.1) is 0 Å². The first-order valence-electron chi connectivity index (χ1n) is 22.0. The molecule has 0 amide bonds. The van der Waals surface area contributed by atoms with Gasteiger partial charge in [-0.2, -0.15) is 0 Å². The molecule has 286 valence electrons. The number of rotatable bonds is 41. The molecule has 0 saturated carbocycles. The van der Waals surface area contributed by atoms with E-state index in [4.69, 9.17) is 9.84 Å². The predicted molar refractivity (Wildman–Crippen MR) is 209 cm³/mol. The molecule has 0 aromatic carbocycles. The maximum Gasteiger partial charge on any atom is 0.306 e. The topological polar surface area (TPSA) is 63.6 Å². The first-order valence-corrected chi connectivity index (χ1v) is 22.0. The summed E-state index contributed by atoms with van der Waals surface area (Å²) in [5.74, 6) is -0.935. The van der Waals surface area contributed by atoms with Crippen LogP contribution in [0.4, 0.5) is 0 Å². The van der Waals surface area contributed by atoms with Gasteiger partial charge in [-0.25, -0.2) is 0 Å². The zero-order valence-electron chi connectivity index (χ0n) is 32.8. The van der Waals surface area contributed by atoms with Gasteiger partial charge >= 0.3 is 11.9 Å². The van der Waals surface area contributed by atoms with Gasteiger partial charge < -0.3 is 9.84 Å². The molecule has 1 N–H and O–H groups in total. The van der Waals surface area contributed by atoms with Gasteiger partial charge in [0.05, 0.1) is 0 Å². The average Bonchev–Trinajstić information content (AvgIpc) is 3.07. The van der Waals surface area contributed by atoms with Crippen LogP contribution in [-0.4, -0.2) is 23.1 Å². The number of esters is 1. The lowest BCUT2D eigenvalue weighted by molar-refractivity contribution is -0.151. The van der Waals surface area contributed by atoms with Crippen molar-refractivity contribution in [1.29, 1.82) is 0 Å². The van der Waals surface area contributed by atoms with Gasteiger partial charge in [-0.15, -0.1) is 0 Å². The fourth-order valence-electron chi connectivity index (χ4n) is 7.06. The molecule has 0 heterocycles. The summed E-state index contributed by atoms with van der Waals surface area (Å²) in [5, 5.41) is 9.14. The summed E-state index contributed by atoms with van der Waals surface area (Å²) in [4.78, 5) is 23.6. The van der Waals surface area contributed by atoms with Crippen LogP contribution < -0.4 is 0 Å². The van der Waals surface area contributed by atoms with Crippen LogP contribution in [0.25, 0.3) is 0 Å². The van der Waals surface area contributed by atoms with Gasteiger partial charge in [0.25, 0.3) is 0 Å². The Labute approximate surface area is 301 Å². The molecule has 0 aliphatic rings. The van der Waals surface area contributed by atoms with E-state index in [0.717, 1.165) is 32.1 Å². The predicted octanol–water partition coefficient (Wildman–Crippen LogP) is 15.2. The van der Waals surface area contributed by atoms with Crippen LogP contribution in [0.3, 0.4) is 0 Å². The molecule has 4 nitrogen and oxygen atoms in total. The van der Waals surface area contributed by atoms with Crippen LogP contribution in [0.15, 0.2) is 0 Å². The second-order valence-corrected chi connectivity index (χ2v) is 15.3. The van der Waals surface area contributed by atoms with E-state index in [0.29, 0.717) is 12.8 Å². The number of aliphatic carboxylic acids is 1. The second kappa shape index (κ2) is 40.4. The first kappa shape index (κ1) is 46.9. The molecule has 0 bridgehead atoms. The Morgan fingerprint density at radius 1 is 0.375 bits per heavy atom. The standard InChI is InChI=1S/C44H86O4/c1-3-5-7-9-11-13-15-17-19-20-21-22-23-24-25-27-29-31-33-35-37-39-44(47)48-42(40-41-43(45)46)38-36-34-32-30-28-26-18-16-14-12-10-8-6-4-2/h42H,3-41H2,1-2H3,(H,45,46). The molecular formula is C44H86O4. The van der Waals surface area contributed by atoms with Gasteiger partial charge in [0.2, 0.25) is 0 Å². The van der Waals surface area contributed by atoms with E-state index in [1.807, 2.05) is 0 Å².